The summed E-state index contributed by atoms with van der Waals surface area (Å²) in [6, 6.07) is 0.545. The summed E-state index contributed by atoms with van der Waals surface area (Å²) < 4.78 is 9.86. The fourth-order valence-corrected chi connectivity index (χ4v) is 2.33. The molecular formula is C13H23N5O3. The molecule has 1 N–H and O–H groups in total. The molecule has 21 heavy (non-hydrogen) atoms. The van der Waals surface area contributed by atoms with Crippen molar-refractivity contribution >= 4 is 5.91 Å². The lowest BCUT2D eigenvalue weighted by Gasteiger charge is -2.20. The predicted molar refractivity (Wildman–Crippen MR) is 76.1 cm³/mol. The monoisotopic (exact) mass is 297 g/mol. The number of carbonyl (C=O) groups excluding carboxylic acids is 1. The van der Waals surface area contributed by atoms with Crippen LogP contribution in [0.1, 0.15) is 12.1 Å². The average Bonchev–Trinajstić information content (AvgIpc) is 3.04. The van der Waals surface area contributed by atoms with Crippen molar-refractivity contribution in [2.24, 2.45) is 0 Å². The number of aromatic nitrogens is 2. The summed E-state index contributed by atoms with van der Waals surface area (Å²) in [5.74, 6) is 0.394. The maximum absolute atomic E-state index is 11.8. The van der Waals surface area contributed by atoms with Gasteiger partial charge in [-0.1, -0.05) is 5.16 Å². The second-order valence-electron chi connectivity index (χ2n) is 5.49. The summed E-state index contributed by atoms with van der Waals surface area (Å²) in [6.45, 7) is 4.89. The Labute approximate surface area is 124 Å². The number of nitrogens with zero attached hydrogens (tertiary/aromatic N) is 4. The number of likely N-dealkylation sites (tertiary alicyclic amines) is 1. The van der Waals surface area contributed by atoms with E-state index in [1.54, 1.807) is 6.92 Å². The molecule has 1 aromatic rings. The number of hydrogen-bond acceptors (Lipinski definition) is 7. The lowest BCUT2D eigenvalue weighted by Crippen LogP contribution is -2.39. The van der Waals surface area contributed by atoms with Crippen molar-refractivity contribution in [3.05, 3.63) is 5.69 Å². The Hall–Kier alpha value is -1.67. The van der Waals surface area contributed by atoms with E-state index in [1.165, 1.54) is 0 Å². The van der Waals surface area contributed by atoms with Crippen LogP contribution in [0.4, 0.5) is 0 Å². The van der Waals surface area contributed by atoms with Crippen LogP contribution in [-0.4, -0.2) is 78.9 Å². The van der Waals surface area contributed by atoms with Crippen LogP contribution < -0.4 is 10.1 Å². The van der Waals surface area contributed by atoms with E-state index in [2.05, 4.69) is 44.2 Å². The van der Waals surface area contributed by atoms with Gasteiger partial charge in [-0.05, 0) is 32.6 Å². The predicted octanol–water partition coefficient (Wildman–Crippen LogP) is -0.491. The smallest absolute Gasteiger partial charge is 0.278 e. The standard InChI is InChI=1S/C13H23N5O3/c1-10-13(16-21-15-10)20-7-5-14-12(19)9-18-6-4-11(8-18)17(2)3/h11H,4-9H2,1-3H3,(H,14,19)/t11-/m1/s1. The van der Waals surface area contributed by atoms with Crippen LogP contribution in [0.25, 0.3) is 0 Å². The molecule has 118 valence electrons. The fourth-order valence-electron chi connectivity index (χ4n) is 2.33. The third-order valence-electron chi connectivity index (χ3n) is 3.62. The first-order valence-corrected chi connectivity index (χ1v) is 7.13. The van der Waals surface area contributed by atoms with Crippen molar-refractivity contribution in [1.29, 1.82) is 0 Å². The van der Waals surface area contributed by atoms with E-state index in [0.29, 0.717) is 37.3 Å². The van der Waals surface area contributed by atoms with Crippen molar-refractivity contribution in [3.8, 4) is 5.88 Å². The highest BCUT2D eigenvalue weighted by molar-refractivity contribution is 5.78. The van der Waals surface area contributed by atoms with E-state index in [1.807, 2.05) is 0 Å². The molecule has 1 aromatic heterocycles. The van der Waals surface area contributed by atoms with Gasteiger partial charge in [-0.15, -0.1) is 0 Å². The van der Waals surface area contributed by atoms with Crippen molar-refractivity contribution in [2.75, 3.05) is 46.9 Å². The van der Waals surface area contributed by atoms with Gasteiger partial charge in [0, 0.05) is 19.1 Å². The van der Waals surface area contributed by atoms with Gasteiger partial charge in [-0.25, -0.2) is 4.63 Å². The lowest BCUT2D eigenvalue weighted by atomic mass is 10.2. The number of rotatable bonds is 7. The molecular weight excluding hydrogens is 274 g/mol. The summed E-state index contributed by atoms with van der Waals surface area (Å²) in [5, 5.41) is 10.1. The van der Waals surface area contributed by atoms with E-state index >= 15 is 0 Å². The molecule has 8 heteroatoms. The Morgan fingerprint density at radius 2 is 2.33 bits per heavy atom. The molecule has 0 saturated carbocycles. The molecule has 1 aliphatic heterocycles. The zero-order valence-corrected chi connectivity index (χ0v) is 12.8. The molecule has 2 rings (SSSR count). The number of likely N-dealkylation sites (N-methyl/N-ethyl adjacent to an activating group) is 1. The first kappa shape index (κ1) is 15.7. The lowest BCUT2D eigenvalue weighted by molar-refractivity contribution is -0.122. The quantitative estimate of drug-likeness (QED) is 0.680. The minimum absolute atomic E-state index is 0.0213. The first-order chi connectivity index (χ1) is 10.1. The number of amides is 1. The van der Waals surface area contributed by atoms with Crippen LogP contribution in [0.2, 0.25) is 0 Å². The molecule has 0 spiro atoms. The molecule has 1 amide bonds. The maximum atomic E-state index is 11.8. The van der Waals surface area contributed by atoms with Gasteiger partial charge in [0.1, 0.15) is 12.3 Å². The number of aryl methyl sites for hydroxylation is 1. The summed E-state index contributed by atoms with van der Waals surface area (Å²) in [5.41, 5.74) is 0.605. The Morgan fingerprint density at radius 3 is 2.95 bits per heavy atom. The van der Waals surface area contributed by atoms with Crippen molar-refractivity contribution in [1.82, 2.24) is 25.4 Å². The maximum Gasteiger partial charge on any atom is 0.278 e. The Morgan fingerprint density at radius 1 is 1.52 bits per heavy atom. The largest absolute Gasteiger partial charge is 0.472 e. The molecule has 1 atom stereocenters. The van der Waals surface area contributed by atoms with Gasteiger partial charge in [0.25, 0.3) is 5.88 Å². The van der Waals surface area contributed by atoms with Gasteiger partial charge in [0.15, 0.2) is 0 Å². The summed E-state index contributed by atoms with van der Waals surface area (Å²) in [6.07, 6.45) is 1.11. The van der Waals surface area contributed by atoms with Gasteiger partial charge < -0.3 is 15.0 Å². The summed E-state index contributed by atoms with van der Waals surface area (Å²) in [4.78, 5) is 16.2. The molecule has 0 radical (unpaired) electrons. The normalized spacial score (nSPS) is 19.1. The molecule has 0 aliphatic carbocycles. The Bertz CT molecular complexity index is 462. The highest BCUT2D eigenvalue weighted by atomic mass is 16.6. The highest BCUT2D eigenvalue weighted by Crippen LogP contribution is 2.12. The van der Waals surface area contributed by atoms with Crippen LogP contribution in [0.5, 0.6) is 5.88 Å². The van der Waals surface area contributed by atoms with Crippen LogP contribution in [0, 0.1) is 6.92 Å². The second kappa shape index (κ2) is 7.37. The third kappa shape index (κ3) is 4.68. The van der Waals surface area contributed by atoms with Gasteiger partial charge in [0.05, 0.1) is 13.1 Å². The number of nitrogens with one attached hydrogen (secondary N) is 1. The molecule has 0 unspecified atom stereocenters. The Kier molecular flexibility index (Phi) is 5.51. The van der Waals surface area contributed by atoms with E-state index in [0.717, 1.165) is 19.5 Å². The van der Waals surface area contributed by atoms with Crippen molar-refractivity contribution < 1.29 is 14.2 Å². The minimum atomic E-state index is 0.0213. The van der Waals surface area contributed by atoms with Gasteiger partial charge >= 0.3 is 0 Å². The number of ether oxygens (including phenoxy) is 1. The zero-order valence-electron chi connectivity index (χ0n) is 12.8. The van der Waals surface area contributed by atoms with Gasteiger partial charge in [0.2, 0.25) is 5.91 Å². The number of hydrogen-bond donors (Lipinski definition) is 1. The highest BCUT2D eigenvalue weighted by Gasteiger charge is 2.24. The minimum Gasteiger partial charge on any atom is -0.472 e. The number of carbonyl (C=O) groups is 1. The second-order valence-corrected chi connectivity index (χ2v) is 5.49. The average molecular weight is 297 g/mol. The van der Waals surface area contributed by atoms with Crippen LogP contribution >= 0.6 is 0 Å². The topological polar surface area (TPSA) is 83.7 Å². The van der Waals surface area contributed by atoms with Crippen LogP contribution in [0.3, 0.4) is 0 Å². The first-order valence-electron chi connectivity index (χ1n) is 7.13. The molecule has 0 aromatic carbocycles. The summed E-state index contributed by atoms with van der Waals surface area (Å²) in [7, 11) is 4.15. The SMILES string of the molecule is Cc1nonc1OCCNC(=O)CN1CC[C@@H](N(C)C)C1. The zero-order chi connectivity index (χ0) is 15.2. The fraction of sp³-hybridized carbons (Fsp3) is 0.769. The van der Waals surface area contributed by atoms with E-state index < -0.39 is 0 Å². The molecule has 1 aliphatic rings. The molecule has 0 bridgehead atoms. The van der Waals surface area contributed by atoms with Gasteiger partial charge in [-0.3, -0.25) is 9.69 Å². The molecule has 2 heterocycles. The van der Waals surface area contributed by atoms with Crippen LogP contribution in [0.15, 0.2) is 4.63 Å². The van der Waals surface area contributed by atoms with Crippen molar-refractivity contribution in [2.45, 2.75) is 19.4 Å². The molecule has 8 nitrogen and oxygen atoms in total. The summed E-state index contributed by atoms with van der Waals surface area (Å²) >= 11 is 0. The molecule has 1 fully saturated rings. The Balaban J connectivity index is 1.59. The third-order valence-corrected chi connectivity index (χ3v) is 3.62. The van der Waals surface area contributed by atoms with Crippen LogP contribution in [-0.2, 0) is 4.79 Å². The molecule has 1 saturated heterocycles. The van der Waals surface area contributed by atoms with E-state index in [9.17, 15) is 4.79 Å². The van der Waals surface area contributed by atoms with E-state index in [4.69, 9.17) is 4.74 Å². The van der Waals surface area contributed by atoms with Crippen molar-refractivity contribution in [3.63, 3.8) is 0 Å². The van der Waals surface area contributed by atoms with Gasteiger partial charge in [-0.2, -0.15) is 0 Å². The van der Waals surface area contributed by atoms with E-state index in [-0.39, 0.29) is 5.91 Å².